The summed E-state index contributed by atoms with van der Waals surface area (Å²) in [5, 5.41) is 6.43. The van der Waals surface area contributed by atoms with Crippen LogP contribution < -0.4 is 5.14 Å². The summed E-state index contributed by atoms with van der Waals surface area (Å²) >= 11 is 0.287. The van der Waals surface area contributed by atoms with E-state index < -0.39 is 11.9 Å². The predicted octanol–water partition coefficient (Wildman–Crippen LogP) is 4.46. The molecule has 7 heteroatoms. The fourth-order valence-corrected chi connectivity index (χ4v) is 2.51. The Balaban J connectivity index is 2.24. The first-order chi connectivity index (χ1) is 10.0. The van der Waals surface area contributed by atoms with Crippen molar-refractivity contribution >= 4 is 39.8 Å². The highest BCUT2D eigenvalue weighted by molar-refractivity contribution is 7.95. The molecule has 0 aliphatic heterocycles. The molecular formula is C14H9F3N2OS. The standard InChI is InChI=1S/C14H9F3N2OS/c15-14(16,17)13(19-21-18)8-5-6-12-10(7-8)9-3-1-2-4-11(9)20-12/h1-7H,18H2/b19-13-. The number of fused-ring (bicyclic) bond motifs is 3. The molecule has 3 rings (SSSR count). The number of halogens is 3. The summed E-state index contributed by atoms with van der Waals surface area (Å²) in [4.78, 5) is 0. The maximum atomic E-state index is 13.0. The molecule has 1 heterocycles. The van der Waals surface area contributed by atoms with Gasteiger partial charge in [-0.3, -0.25) is 5.14 Å². The van der Waals surface area contributed by atoms with Crippen LogP contribution in [0.25, 0.3) is 21.9 Å². The van der Waals surface area contributed by atoms with E-state index >= 15 is 0 Å². The number of alkyl halides is 3. The van der Waals surface area contributed by atoms with Crippen LogP contribution in [0.4, 0.5) is 13.2 Å². The van der Waals surface area contributed by atoms with Crippen LogP contribution in [0.5, 0.6) is 0 Å². The van der Waals surface area contributed by atoms with Crippen molar-refractivity contribution in [3.8, 4) is 0 Å². The molecule has 0 unspecified atom stereocenters. The third kappa shape index (κ3) is 2.50. The molecule has 0 aliphatic carbocycles. The number of nitrogens with zero attached hydrogens (tertiary/aromatic N) is 1. The minimum atomic E-state index is -4.57. The third-order valence-corrected chi connectivity index (χ3v) is 3.35. The van der Waals surface area contributed by atoms with Gasteiger partial charge in [0.1, 0.15) is 11.2 Å². The highest BCUT2D eigenvalue weighted by atomic mass is 32.2. The maximum Gasteiger partial charge on any atom is 0.434 e. The van der Waals surface area contributed by atoms with Crippen molar-refractivity contribution in [3.05, 3.63) is 48.0 Å². The first-order valence-corrected chi connectivity index (χ1v) is 6.77. The molecule has 21 heavy (non-hydrogen) atoms. The average Bonchev–Trinajstić information content (AvgIpc) is 2.81. The Morgan fingerprint density at radius 1 is 1.05 bits per heavy atom. The molecule has 0 bridgehead atoms. The Kier molecular flexibility index (Phi) is 3.38. The number of nitrogens with two attached hydrogens (primary N) is 1. The van der Waals surface area contributed by atoms with Crippen LogP contribution in [0.1, 0.15) is 5.56 Å². The number of benzene rings is 2. The van der Waals surface area contributed by atoms with Crippen LogP contribution in [0, 0.1) is 0 Å². The van der Waals surface area contributed by atoms with Crippen LogP contribution in [-0.4, -0.2) is 11.9 Å². The van der Waals surface area contributed by atoms with Crippen molar-refractivity contribution in [3.63, 3.8) is 0 Å². The molecule has 0 atom stereocenters. The lowest BCUT2D eigenvalue weighted by Crippen LogP contribution is -2.23. The SMILES string of the molecule is NS/N=C(/c1ccc2oc3ccccc3c2c1)C(F)(F)F. The van der Waals surface area contributed by atoms with Gasteiger partial charge in [0, 0.05) is 16.3 Å². The van der Waals surface area contributed by atoms with Crippen molar-refractivity contribution in [1.29, 1.82) is 0 Å². The van der Waals surface area contributed by atoms with Crippen molar-refractivity contribution in [2.45, 2.75) is 6.18 Å². The number of hydrogen-bond donors (Lipinski definition) is 1. The highest BCUT2D eigenvalue weighted by Gasteiger charge is 2.37. The average molecular weight is 310 g/mol. The van der Waals surface area contributed by atoms with Gasteiger partial charge in [0.05, 0.1) is 12.1 Å². The second-order valence-electron chi connectivity index (χ2n) is 4.35. The monoisotopic (exact) mass is 310 g/mol. The summed E-state index contributed by atoms with van der Waals surface area (Å²) in [5.74, 6) is 0. The quantitative estimate of drug-likeness (QED) is 0.561. The molecule has 108 valence electrons. The molecule has 0 radical (unpaired) electrons. The topological polar surface area (TPSA) is 51.5 Å². The number of hydrogen-bond acceptors (Lipinski definition) is 4. The molecule has 0 spiro atoms. The van der Waals surface area contributed by atoms with Gasteiger partial charge in [-0.25, -0.2) is 0 Å². The Morgan fingerprint density at radius 3 is 2.48 bits per heavy atom. The second-order valence-corrected chi connectivity index (χ2v) is 4.75. The van der Waals surface area contributed by atoms with Gasteiger partial charge in [0.25, 0.3) is 0 Å². The molecule has 0 fully saturated rings. The van der Waals surface area contributed by atoms with Gasteiger partial charge < -0.3 is 4.42 Å². The third-order valence-electron chi connectivity index (χ3n) is 3.06. The molecule has 0 amide bonds. The Hall–Kier alpha value is -1.99. The lowest BCUT2D eigenvalue weighted by molar-refractivity contribution is -0.0578. The van der Waals surface area contributed by atoms with Gasteiger partial charge >= 0.3 is 6.18 Å². The molecule has 3 nitrogen and oxygen atoms in total. The van der Waals surface area contributed by atoms with Gasteiger partial charge in [-0.1, -0.05) is 18.2 Å². The largest absolute Gasteiger partial charge is 0.456 e. The summed E-state index contributed by atoms with van der Waals surface area (Å²) in [6, 6.07) is 11.4. The predicted molar refractivity (Wildman–Crippen MR) is 78.1 cm³/mol. The van der Waals surface area contributed by atoms with E-state index in [1.807, 2.05) is 0 Å². The summed E-state index contributed by atoms with van der Waals surface area (Å²) in [6.07, 6.45) is -4.57. The molecule has 0 saturated carbocycles. The van der Waals surface area contributed by atoms with Crippen LogP contribution in [0.15, 0.2) is 51.3 Å². The highest BCUT2D eigenvalue weighted by Crippen LogP contribution is 2.31. The lowest BCUT2D eigenvalue weighted by Gasteiger charge is -2.09. The van der Waals surface area contributed by atoms with E-state index in [9.17, 15) is 13.2 Å². The van der Waals surface area contributed by atoms with E-state index in [0.29, 0.717) is 16.6 Å². The van der Waals surface area contributed by atoms with E-state index in [0.717, 1.165) is 5.39 Å². The summed E-state index contributed by atoms with van der Waals surface area (Å²) in [6.45, 7) is 0. The van der Waals surface area contributed by atoms with Crippen molar-refractivity contribution in [1.82, 2.24) is 0 Å². The fraction of sp³-hybridized carbons (Fsp3) is 0.0714. The Bertz CT molecular complexity index is 839. The number of furan rings is 1. The lowest BCUT2D eigenvalue weighted by atomic mass is 10.1. The van der Waals surface area contributed by atoms with Crippen LogP contribution in [0.2, 0.25) is 0 Å². The zero-order chi connectivity index (χ0) is 15.0. The van der Waals surface area contributed by atoms with Gasteiger partial charge in [-0.05, 0) is 24.3 Å². The molecule has 2 aromatic carbocycles. The minimum Gasteiger partial charge on any atom is -0.456 e. The zero-order valence-electron chi connectivity index (χ0n) is 10.5. The van der Waals surface area contributed by atoms with Crippen LogP contribution in [-0.2, 0) is 0 Å². The zero-order valence-corrected chi connectivity index (χ0v) is 11.3. The second kappa shape index (κ2) is 5.09. The van der Waals surface area contributed by atoms with Gasteiger partial charge in [0.15, 0.2) is 5.71 Å². The van der Waals surface area contributed by atoms with Crippen LogP contribution >= 0.6 is 12.1 Å². The number of rotatable bonds is 2. The van der Waals surface area contributed by atoms with Crippen molar-refractivity contribution in [2.24, 2.45) is 9.54 Å². The van der Waals surface area contributed by atoms with Crippen LogP contribution in [0.3, 0.4) is 0 Å². The number of para-hydroxylation sites is 1. The Labute approximate surface area is 121 Å². The molecule has 3 aromatic rings. The smallest absolute Gasteiger partial charge is 0.434 e. The summed E-state index contributed by atoms with van der Waals surface area (Å²) < 4.78 is 47.9. The van der Waals surface area contributed by atoms with Gasteiger partial charge in [-0.2, -0.15) is 17.6 Å². The van der Waals surface area contributed by atoms with Gasteiger partial charge in [0.2, 0.25) is 0 Å². The van der Waals surface area contributed by atoms with Gasteiger partial charge in [-0.15, -0.1) is 0 Å². The summed E-state index contributed by atoms with van der Waals surface area (Å²) in [7, 11) is 0. The van der Waals surface area contributed by atoms with E-state index in [2.05, 4.69) is 4.40 Å². The van der Waals surface area contributed by atoms with E-state index in [1.54, 1.807) is 24.3 Å². The maximum absolute atomic E-state index is 13.0. The van der Waals surface area contributed by atoms with Crippen molar-refractivity contribution < 1.29 is 17.6 Å². The first-order valence-electron chi connectivity index (χ1n) is 5.93. The van der Waals surface area contributed by atoms with E-state index in [1.165, 1.54) is 18.2 Å². The first kappa shape index (κ1) is 14.0. The molecule has 0 aliphatic rings. The molecule has 2 N–H and O–H groups in total. The Morgan fingerprint density at radius 2 is 1.76 bits per heavy atom. The molecule has 1 aromatic heterocycles. The molecular weight excluding hydrogens is 301 g/mol. The van der Waals surface area contributed by atoms with Crippen molar-refractivity contribution in [2.75, 3.05) is 0 Å². The summed E-state index contributed by atoms with van der Waals surface area (Å²) in [5.41, 5.74) is 0.104. The fourth-order valence-electron chi connectivity index (χ4n) is 2.19. The van der Waals surface area contributed by atoms with E-state index in [-0.39, 0.29) is 17.7 Å². The minimum absolute atomic E-state index is 0.0421. The normalized spacial score (nSPS) is 13.2. The molecule has 0 saturated heterocycles. The van der Waals surface area contributed by atoms with E-state index in [4.69, 9.17) is 9.56 Å².